The molecule has 1 fully saturated rings. The van der Waals surface area contributed by atoms with E-state index in [4.69, 9.17) is 10.00 Å². The zero-order valence-electron chi connectivity index (χ0n) is 14.4. The van der Waals surface area contributed by atoms with Crippen LogP contribution in [0.4, 0.5) is 23.2 Å². The van der Waals surface area contributed by atoms with Gasteiger partial charge in [-0.25, -0.2) is 8.91 Å². The summed E-state index contributed by atoms with van der Waals surface area (Å²) in [6, 6.07) is 4.79. The highest BCUT2D eigenvalue weighted by atomic mass is 32.2. The molecule has 0 bridgehead atoms. The van der Waals surface area contributed by atoms with Gasteiger partial charge in [-0.3, -0.25) is 4.18 Å². The molecule has 3 rings (SSSR count). The summed E-state index contributed by atoms with van der Waals surface area (Å²) in [4.78, 5) is 1.61. The Morgan fingerprint density at radius 2 is 2.11 bits per heavy atom. The smallest absolute Gasteiger partial charge is 0.369 e. The summed E-state index contributed by atoms with van der Waals surface area (Å²) in [5.74, 6) is -0.682. The highest BCUT2D eigenvalue weighted by Crippen LogP contribution is 2.29. The molecule has 0 spiro atoms. The molecule has 28 heavy (non-hydrogen) atoms. The van der Waals surface area contributed by atoms with Crippen LogP contribution >= 0.6 is 0 Å². The highest BCUT2D eigenvalue weighted by Gasteiger charge is 2.47. The van der Waals surface area contributed by atoms with Crippen molar-refractivity contribution in [3.8, 4) is 6.07 Å². The van der Waals surface area contributed by atoms with Crippen molar-refractivity contribution >= 4 is 21.3 Å². The number of anilines is 1. The molecule has 0 aliphatic carbocycles. The minimum absolute atomic E-state index is 0.0238. The monoisotopic (exact) mass is 422 g/mol. The van der Waals surface area contributed by atoms with Gasteiger partial charge in [-0.05, 0) is 19.1 Å². The topological polar surface area (TPSA) is 96.9 Å². The second-order valence-corrected chi connectivity index (χ2v) is 7.73. The van der Waals surface area contributed by atoms with Crippen molar-refractivity contribution in [2.24, 2.45) is 0 Å². The predicted octanol–water partition coefficient (Wildman–Crippen LogP) is 1.80. The number of alkyl halides is 3. The number of fused-ring (bicyclic) bond motifs is 1. The summed E-state index contributed by atoms with van der Waals surface area (Å²) < 4.78 is 84.3. The van der Waals surface area contributed by atoms with Crippen LogP contribution in [0.15, 0.2) is 18.3 Å². The first-order valence-electron chi connectivity index (χ1n) is 7.96. The van der Waals surface area contributed by atoms with Gasteiger partial charge < -0.3 is 9.64 Å². The Balaban J connectivity index is 1.85. The number of aromatic nitrogens is 2. The van der Waals surface area contributed by atoms with Gasteiger partial charge in [0.15, 0.2) is 5.82 Å². The van der Waals surface area contributed by atoms with Gasteiger partial charge in [0.05, 0.1) is 24.6 Å². The largest absolute Gasteiger partial charge is 0.523 e. The lowest BCUT2D eigenvalue weighted by Gasteiger charge is -2.38. The minimum Gasteiger partial charge on any atom is -0.369 e. The first-order chi connectivity index (χ1) is 13.0. The van der Waals surface area contributed by atoms with Crippen molar-refractivity contribution in [1.29, 1.82) is 5.26 Å². The Hall–Kier alpha value is -2.43. The molecule has 0 radical (unpaired) electrons. The fourth-order valence-corrected chi connectivity index (χ4v) is 3.42. The Morgan fingerprint density at radius 3 is 2.75 bits per heavy atom. The summed E-state index contributed by atoms with van der Waals surface area (Å²) in [6.07, 6.45) is -0.569. The average molecular weight is 422 g/mol. The molecule has 3 heterocycles. The van der Waals surface area contributed by atoms with Crippen LogP contribution in [0, 0.1) is 17.1 Å². The van der Waals surface area contributed by atoms with Crippen LogP contribution in [0.1, 0.15) is 12.6 Å². The van der Waals surface area contributed by atoms with E-state index in [0.29, 0.717) is 5.69 Å². The van der Waals surface area contributed by atoms with E-state index in [2.05, 4.69) is 9.28 Å². The molecule has 0 saturated carbocycles. The lowest BCUT2D eigenvalue weighted by molar-refractivity contribution is -0.0656. The lowest BCUT2D eigenvalue weighted by Crippen LogP contribution is -2.49. The van der Waals surface area contributed by atoms with Crippen molar-refractivity contribution < 1.29 is 34.9 Å². The third-order valence-corrected chi connectivity index (χ3v) is 5.08. The molecular weight excluding hydrogens is 408 g/mol. The van der Waals surface area contributed by atoms with E-state index in [-0.39, 0.29) is 24.3 Å². The van der Waals surface area contributed by atoms with Gasteiger partial charge >= 0.3 is 15.6 Å². The van der Waals surface area contributed by atoms with Gasteiger partial charge in [0.1, 0.15) is 23.4 Å². The number of nitriles is 1. The van der Waals surface area contributed by atoms with Crippen molar-refractivity contribution in [2.45, 2.75) is 24.6 Å². The van der Waals surface area contributed by atoms with E-state index < -0.39 is 40.3 Å². The highest BCUT2D eigenvalue weighted by molar-refractivity contribution is 7.87. The third kappa shape index (κ3) is 3.75. The third-order valence-electron chi connectivity index (χ3n) is 4.07. The summed E-state index contributed by atoms with van der Waals surface area (Å²) in [5.41, 5.74) is -5.07. The number of morpholine rings is 1. The molecule has 8 nitrogen and oxygen atoms in total. The molecule has 13 heteroatoms. The quantitative estimate of drug-likeness (QED) is 0.421. The molecule has 2 aromatic rings. The van der Waals surface area contributed by atoms with Gasteiger partial charge in [-0.2, -0.15) is 31.9 Å². The molecule has 1 aliphatic heterocycles. The molecule has 1 aliphatic rings. The molecule has 2 aromatic heterocycles. The number of ether oxygens (including phenoxy) is 1. The van der Waals surface area contributed by atoms with E-state index in [1.54, 1.807) is 11.8 Å². The van der Waals surface area contributed by atoms with Crippen LogP contribution in [-0.4, -0.2) is 55.4 Å². The molecule has 0 amide bonds. The lowest BCUT2D eigenvalue weighted by atomic mass is 10.2. The molecule has 2 unspecified atom stereocenters. The van der Waals surface area contributed by atoms with Crippen LogP contribution in [0.25, 0.3) is 5.52 Å². The normalized spacial score (nSPS) is 21.1. The van der Waals surface area contributed by atoms with E-state index in [1.807, 2.05) is 6.07 Å². The Kier molecular flexibility index (Phi) is 5.22. The zero-order valence-corrected chi connectivity index (χ0v) is 15.2. The van der Waals surface area contributed by atoms with Crippen molar-refractivity contribution in [2.75, 3.05) is 24.6 Å². The number of hydrogen-bond acceptors (Lipinski definition) is 7. The van der Waals surface area contributed by atoms with Gasteiger partial charge in [-0.1, -0.05) is 0 Å². The minimum atomic E-state index is -5.75. The molecular formula is C15H14F4N4O4S. The summed E-state index contributed by atoms with van der Waals surface area (Å²) in [7, 11) is -5.75. The molecule has 1 saturated heterocycles. The molecule has 0 aromatic carbocycles. The van der Waals surface area contributed by atoms with E-state index in [1.165, 1.54) is 12.1 Å². The first-order valence-corrected chi connectivity index (χ1v) is 9.36. The summed E-state index contributed by atoms with van der Waals surface area (Å²) in [6.45, 7) is 0.987. The number of nitrogens with zero attached hydrogens (tertiary/aromatic N) is 4. The predicted molar refractivity (Wildman–Crippen MR) is 87.3 cm³/mol. The van der Waals surface area contributed by atoms with Gasteiger partial charge in [0.25, 0.3) is 0 Å². The zero-order chi connectivity index (χ0) is 20.7. The summed E-state index contributed by atoms with van der Waals surface area (Å²) in [5, 5.41) is 12.9. The second kappa shape index (κ2) is 7.19. The number of halogens is 4. The van der Waals surface area contributed by atoms with Crippen molar-refractivity contribution in [1.82, 2.24) is 9.61 Å². The van der Waals surface area contributed by atoms with E-state index in [9.17, 15) is 26.0 Å². The van der Waals surface area contributed by atoms with Gasteiger partial charge in [0, 0.05) is 13.1 Å². The Labute approximate surface area is 157 Å². The van der Waals surface area contributed by atoms with Crippen LogP contribution in [0.5, 0.6) is 0 Å². The number of pyridine rings is 1. The van der Waals surface area contributed by atoms with Crippen LogP contribution in [0.3, 0.4) is 0 Å². The second-order valence-electron chi connectivity index (χ2n) is 6.13. The SMILES string of the molecule is CC1CN(c2ccc(C#N)n3ncc(F)c23)CC(COS(=O)(=O)C(F)(F)F)O1. The number of rotatable bonds is 4. The molecule has 2 atom stereocenters. The fourth-order valence-electron chi connectivity index (χ4n) is 2.96. The van der Waals surface area contributed by atoms with E-state index >= 15 is 0 Å². The van der Waals surface area contributed by atoms with Crippen molar-refractivity contribution in [3.63, 3.8) is 0 Å². The van der Waals surface area contributed by atoms with Crippen LogP contribution < -0.4 is 4.90 Å². The standard InChI is InChI=1S/C15H14F4N4O4S/c1-9-6-22(7-11(27-9)8-26-28(24,25)15(17,18)19)13-3-2-10(4-20)23-14(13)12(16)5-21-23/h2-3,5,9,11H,6-8H2,1H3. The Morgan fingerprint density at radius 1 is 1.39 bits per heavy atom. The maximum absolute atomic E-state index is 14.2. The molecule has 152 valence electrons. The maximum Gasteiger partial charge on any atom is 0.523 e. The van der Waals surface area contributed by atoms with E-state index in [0.717, 1.165) is 10.7 Å². The average Bonchev–Trinajstić information content (AvgIpc) is 3.00. The van der Waals surface area contributed by atoms with Gasteiger partial charge in [-0.15, -0.1) is 0 Å². The Bertz CT molecular complexity index is 1030. The van der Waals surface area contributed by atoms with Gasteiger partial charge in [0.2, 0.25) is 0 Å². The fraction of sp³-hybridized carbons (Fsp3) is 0.467. The first kappa shape index (κ1) is 20.3. The van der Waals surface area contributed by atoms with Crippen molar-refractivity contribution in [3.05, 3.63) is 29.8 Å². The maximum atomic E-state index is 14.2. The molecule has 0 N–H and O–H groups in total. The van der Waals surface area contributed by atoms with Crippen LogP contribution in [-0.2, 0) is 19.0 Å². The number of hydrogen-bond donors (Lipinski definition) is 0. The summed E-state index contributed by atoms with van der Waals surface area (Å²) >= 11 is 0. The van der Waals surface area contributed by atoms with Crippen LogP contribution in [0.2, 0.25) is 0 Å².